The number of rotatable bonds is 6. The third-order valence-corrected chi connectivity index (χ3v) is 3.76. The largest absolute Gasteiger partial charge is 0.452 e. The van der Waals surface area contributed by atoms with Crippen LogP contribution in [0.4, 0.5) is 13.2 Å². The molecule has 0 aliphatic carbocycles. The van der Waals surface area contributed by atoms with E-state index in [0.29, 0.717) is 0 Å². The number of hydrogen-bond donors (Lipinski definition) is 1. The minimum absolute atomic E-state index is 0.159. The summed E-state index contributed by atoms with van der Waals surface area (Å²) in [5.41, 5.74) is -1.77. The monoisotopic (exact) mass is 368 g/mol. The van der Waals surface area contributed by atoms with E-state index in [2.05, 4.69) is 5.32 Å². The Morgan fingerprint density at radius 3 is 2.54 bits per heavy atom. The van der Waals surface area contributed by atoms with Crippen molar-refractivity contribution < 1.29 is 27.5 Å². The van der Waals surface area contributed by atoms with E-state index >= 15 is 0 Å². The highest BCUT2D eigenvalue weighted by atomic mass is 19.4. The van der Waals surface area contributed by atoms with Gasteiger partial charge in [0.25, 0.3) is 5.91 Å². The van der Waals surface area contributed by atoms with Crippen molar-refractivity contribution in [1.29, 1.82) is 5.26 Å². The number of nitrogens with zero attached hydrogens (tertiary/aromatic N) is 1. The van der Waals surface area contributed by atoms with Crippen LogP contribution in [0, 0.1) is 17.2 Å². The van der Waals surface area contributed by atoms with Crippen molar-refractivity contribution >= 4 is 18.0 Å². The van der Waals surface area contributed by atoms with Crippen molar-refractivity contribution in [1.82, 2.24) is 5.32 Å². The van der Waals surface area contributed by atoms with Gasteiger partial charge in [0.2, 0.25) is 0 Å². The molecule has 0 aliphatic heterocycles. The molecular formula is C18H19F3N2O3. The van der Waals surface area contributed by atoms with Crippen molar-refractivity contribution in [2.45, 2.75) is 32.5 Å². The molecule has 5 nitrogen and oxygen atoms in total. The van der Waals surface area contributed by atoms with E-state index in [9.17, 15) is 22.8 Å². The number of benzene rings is 1. The lowest BCUT2D eigenvalue weighted by molar-refractivity contribution is -0.144. The lowest BCUT2D eigenvalue weighted by Gasteiger charge is -2.27. The standard InChI is InChI=1S/C18H19F3N2O3/c1-12(2)17(3,11-22)23-15(24)10-26-16(25)8-7-13-5-4-6-14(9-13)18(19,20)21/h4-9,12H,10H2,1-3H3,(H,23,24)/b8-7+/t17-/m1/s1. The van der Waals surface area contributed by atoms with Crippen molar-refractivity contribution in [3.8, 4) is 6.07 Å². The molecule has 140 valence electrons. The van der Waals surface area contributed by atoms with Crippen LogP contribution in [0.1, 0.15) is 31.9 Å². The normalized spacial score (nSPS) is 13.9. The molecule has 1 aromatic carbocycles. The molecule has 0 bridgehead atoms. The van der Waals surface area contributed by atoms with Gasteiger partial charge in [-0.05, 0) is 36.6 Å². The molecule has 1 amide bonds. The van der Waals surface area contributed by atoms with Crippen LogP contribution in [0.2, 0.25) is 0 Å². The molecule has 0 spiro atoms. The van der Waals surface area contributed by atoms with Gasteiger partial charge in [-0.2, -0.15) is 18.4 Å². The first-order valence-electron chi connectivity index (χ1n) is 7.72. The summed E-state index contributed by atoms with van der Waals surface area (Å²) in [7, 11) is 0. The van der Waals surface area contributed by atoms with Crippen LogP contribution in [0.25, 0.3) is 6.08 Å². The topological polar surface area (TPSA) is 79.2 Å². The van der Waals surface area contributed by atoms with E-state index in [1.54, 1.807) is 20.8 Å². The molecule has 1 atom stereocenters. The van der Waals surface area contributed by atoms with Gasteiger partial charge in [-0.3, -0.25) is 4.79 Å². The SMILES string of the molecule is CC(C)[C@@](C)(C#N)NC(=O)COC(=O)/C=C/c1cccc(C(F)(F)F)c1. The lowest BCUT2D eigenvalue weighted by atomic mass is 9.90. The fourth-order valence-corrected chi connectivity index (χ4v) is 1.79. The number of nitrogens with one attached hydrogen (secondary N) is 1. The molecule has 0 radical (unpaired) electrons. The Balaban J connectivity index is 2.61. The van der Waals surface area contributed by atoms with Crippen LogP contribution >= 0.6 is 0 Å². The van der Waals surface area contributed by atoms with Crippen molar-refractivity contribution in [3.05, 3.63) is 41.5 Å². The van der Waals surface area contributed by atoms with Gasteiger partial charge in [0, 0.05) is 6.08 Å². The maximum absolute atomic E-state index is 12.6. The zero-order valence-electron chi connectivity index (χ0n) is 14.6. The Labute approximate surface area is 149 Å². The predicted octanol–water partition coefficient (Wildman–Crippen LogP) is 3.32. The number of carbonyl (C=O) groups excluding carboxylic acids is 2. The molecule has 0 fully saturated rings. The van der Waals surface area contributed by atoms with Crippen LogP contribution in [0.15, 0.2) is 30.3 Å². The van der Waals surface area contributed by atoms with Crippen LogP contribution < -0.4 is 5.32 Å². The highest BCUT2D eigenvalue weighted by Crippen LogP contribution is 2.29. The van der Waals surface area contributed by atoms with E-state index in [0.717, 1.165) is 24.3 Å². The first kappa shape index (κ1) is 21.2. The third kappa shape index (κ3) is 6.24. The molecule has 1 rings (SSSR count). The van der Waals surface area contributed by atoms with Gasteiger partial charge in [-0.1, -0.05) is 26.0 Å². The van der Waals surface area contributed by atoms with E-state index < -0.39 is 35.8 Å². The Kier molecular flexibility index (Phi) is 6.95. The molecule has 26 heavy (non-hydrogen) atoms. The van der Waals surface area contributed by atoms with E-state index in [1.165, 1.54) is 12.1 Å². The first-order chi connectivity index (χ1) is 12.0. The predicted molar refractivity (Wildman–Crippen MR) is 88.4 cm³/mol. The number of amides is 1. The zero-order chi connectivity index (χ0) is 20.0. The zero-order valence-corrected chi connectivity index (χ0v) is 14.6. The van der Waals surface area contributed by atoms with Crippen molar-refractivity contribution in [3.63, 3.8) is 0 Å². The summed E-state index contributed by atoms with van der Waals surface area (Å²) in [4.78, 5) is 23.4. The second-order valence-electron chi connectivity index (χ2n) is 6.08. The second kappa shape index (κ2) is 8.52. The van der Waals surface area contributed by atoms with Gasteiger partial charge in [0.05, 0.1) is 11.6 Å². The number of ether oxygens (including phenoxy) is 1. The Bertz CT molecular complexity index is 736. The minimum Gasteiger partial charge on any atom is -0.452 e. The van der Waals surface area contributed by atoms with E-state index in [1.807, 2.05) is 6.07 Å². The Morgan fingerprint density at radius 1 is 1.35 bits per heavy atom. The summed E-state index contributed by atoms with van der Waals surface area (Å²) in [5, 5.41) is 11.6. The van der Waals surface area contributed by atoms with E-state index in [4.69, 9.17) is 10.00 Å². The first-order valence-corrected chi connectivity index (χ1v) is 7.72. The van der Waals surface area contributed by atoms with Gasteiger partial charge >= 0.3 is 12.1 Å². The molecule has 1 aromatic rings. The quantitative estimate of drug-likeness (QED) is 0.617. The number of carbonyl (C=O) groups is 2. The molecule has 0 heterocycles. The summed E-state index contributed by atoms with van der Waals surface area (Å²) in [6.07, 6.45) is -2.40. The van der Waals surface area contributed by atoms with Gasteiger partial charge in [-0.15, -0.1) is 0 Å². The van der Waals surface area contributed by atoms with Crippen LogP contribution in [0.5, 0.6) is 0 Å². The Hall–Kier alpha value is -2.82. The molecule has 1 N–H and O–H groups in total. The number of alkyl halides is 3. The van der Waals surface area contributed by atoms with E-state index in [-0.39, 0.29) is 11.5 Å². The van der Waals surface area contributed by atoms with Gasteiger partial charge in [0.1, 0.15) is 5.54 Å². The summed E-state index contributed by atoms with van der Waals surface area (Å²) < 4.78 is 42.6. The summed E-state index contributed by atoms with van der Waals surface area (Å²) in [6.45, 7) is 4.46. The summed E-state index contributed by atoms with van der Waals surface area (Å²) in [6, 6.07) is 6.40. The Morgan fingerprint density at radius 2 is 2.00 bits per heavy atom. The summed E-state index contributed by atoms with van der Waals surface area (Å²) >= 11 is 0. The van der Waals surface area contributed by atoms with Crippen LogP contribution in [0.3, 0.4) is 0 Å². The lowest BCUT2D eigenvalue weighted by Crippen LogP contribution is -2.50. The van der Waals surface area contributed by atoms with Crippen molar-refractivity contribution in [2.75, 3.05) is 6.61 Å². The smallest absolute Gasteiger partial charge is 0.416 e. The highest BCUT2D eigenvalue weighted by Gasteiger charge is 2.31. The minimum atomic E-state index is -4.48. The van der Waals surface area contributed by atoms with Crippen LogP contribution in [-0.4, -0.2) is 24.0 Å². The number of nitriles is 1. The molecule has 0 saturated carbocycles. The molecular weight excluding hydrogens is 349 g/mol. The highest BCUT2D eigenvalue weighted by molar-refractivity contribution is 5.89. The fraction of sp³-hybridized carbons (Fsp3) is 0.389. The average Bonchev–Trinajstić information content (AvgIpc) is 2.57. The third-order valence-electron chi connectivity index (χ3n) is 3.76. The molecule has 8 heteroatoms. The van der Waals surface area contributed by atoms with Gasteiger partial charge < -0.3 is 10.1 Å². The molecule has 0 aliphatic rings. The molecule has 0 saturated heterocycles. The van der Waals surface area contributed by atoms with Crippen LogP contribution in [-0.2, 0) is 20.5 Å². The van der Waals surface area contributed by atoms with Gasteiger partial charge in [-0.25, -0.2) is 4.79 Å². The molecule has 0 unspecified atom stereocenters. The number of esters is 1. The second-order valence-corrected chi connectivity index (χ2v) is 6.08. The average molecular weight is 368 g/mol. The van der Waals surface area contributed by atoms with Gasteiger partial charge in [0.15, 0.2) is 6.61 Å². The maximum atomic E-state index is 12.6. The maximum Gasteiger partial charge on any atom is 0.416 e. The number of halogens is 3. The molecule has 0 aromatic heterocycles. The van der Waals surface area contributed by atoms with Crippen molar-refractivity contribution in [2.24, 2.45) is 5.92 Å². The summed E-state index contributed by atoms with van der Waals surface area (Å²) in [5.74, 6) is -1.70. The fourth-order valence-electron chi connectivity index (χ4n) is 1.79. The number of hydrogen-bond acceptors (Lipinski definition) is 4.